The predicted molar refractivity (Wildman–Crippen MR) is 45.7 cm³/mol. The third-order valence-corrected chi connectivity index (χ3v) is 1.49. The van der Waals surface area contributed by atoms with Crippen molar-refractivity contribution in [3.8, 4) is 0 Å². The second-order valence-electron chi connectivity index (χ2n) is 2.40. The van der Waals surface area contributed by atoms with Crippen LogP contribution in [-0.4, -0.2) is 9.97 Å². The lowest BCUT2D eigenvalue weighted by molar-refractivity contribution is 0.509. The molecule has 0 unspecified atom stereocenters. The van der Waals surface area contributed by atoms with Crippen molar-refractivity contribution in [3.05, 3.63) is 42.8 Å². The van der Waals surface area contributed by atoms with Crippen LogP contribution in [0.5, 0.6) is 0 Å². The summed E-state index contributed by atoms with van der Waals surface area (Å²) in [6.45, 7) is 0. The number of hydrogen-bond acceptors (Lipinski definition) is 4. The monoisotopic (exact) mass is 176 g/mol. The zero-order chi connectivity index (χ0) is 8.93. The van der Waals surface area contributed by atoms with Crippen LogP contribution in [0.15, 0.2) is 39.8 Å². The molecule has 2 heterocycles. The molecule has 0 aromatic carbocycles. The van der Waals surface area contributed by atoms with Gasteiger partial charge in [0.1, 0.15) is 12.5 Å². The third kappa shape index (κ3) is 2.05. The molecule has 0 amide bonds. The number of allylic oxidation sites excluding steroid dienone is 1. The molecule has 0 fully saturated rings. The molecule has 66 valence electrons. The molecule has 4 nitrogen and oxygen atoms in total. The summed E-state index contributed by atoms with van der Waals surface area (Å²) in [6.07, 6.45) is 10.6. The number of rotatable bonds is 3. The van der Waals surface area contributed by atoms with Crippen molar-refractivity contribution in [2.45, 2.75) is 6.42 Å². The van der Waals surface area contributed by atoms with Crippen LogP contribution in [-0.2, 0) is 6.42 Å². The Bertz CT molecular complexity index is 362. The summed E-state index contributed by atoms with van der Waals surface area (Å²) in [5.74, 6) is 1.27. The zero-order valence-electron chi connectivity index (χ0n) is 6.88. The van der Waals surface area contributed by atoms with Crippen LogP contribution in [0.3, 0.4) is 0 Å². The van der Waals surface area contributed by atoms with Crippen LogP contribution in [0.1, 0.15) is 11.8 Å². The van der Waals surface area contributed by atoms with Crippen LogP contribution < -0.4 is 0 Å². The number of oxazole rings is 2. The van der Waals surface area contributed by atoms with Crippen molar-refractivity contribution in [3.63, 3.8) is 0 Å². The zero-order valence-corrected chi connectivity index (χ0v) is 6.88. The Morgan fingerprint density at radius 2 is 2.00 bits per heavy atom. The summed E-state index contributed by atoms with van der Waals surface area (Å²) < 4.78 is 10.0. The quantitative estimate of drug-likeness (QED) is 0.716. The summed E-state index contributed by atoms with van der Waals surface area (Å²) >= 11 is 0. The first-order valence-corrected chi connectivity index (χ1v) is 3.89. The first kappa shape index (κ1) is 7.79. The van der Waals surface area contributed by atoms with E-state index in [-0.39, 0.29) is 0 Å². The molecule has 0 saturated carbocycles. The standard InChI is InChI=1S/C9H8N2O2/c1(2-8-10-4-6-12-8)3-9-11-5-7-13-9/h1-2,4-7H,3H2. The molecule has 0 aliphatic heterocycles. The fourth-order valence-electron chi connectivity index (χ4n) is 0.931. The second kappa shape index (κ2) is 3.71. The molecule has 0 bridgehead atoms. The summed E-state index contributed by atoms with van der Waals surface area (Å²) in [7, 11) is 0. The molecule has 0 N–H and O–H groups in total. The average Bonchev–Trinajstić information content (AvgIpc) is 2.75. The van der Waals surface area contributed by atoms with Gasteiger partial charge in [-0.1, -0.05) is 6.08 Å². The molecule has 0 aliphatic carbocycles. The van der Waals surface area contributed by atoms with Gasteiger partial charge >= 0.3 is 0 Å². The highest BCUT2D eigenvalue weighted by Gasteiger charge is 1.93. The van der Waals surface area contributed by atoms with Gasteiger partial charge < -0.3 is 8.83 Å². The van der Waals surface area contributed by atoms with E-state index in [0.29, 0.717) is 18.2 Å². The number of nitrogens with zero attached hydrogens (tertiary/aromatic N) is 2. The summed E-state index contributed by atoms with van der Waals surface area (Å²) in [4.78, 5) is 7.90. The Labute approximate surface area is 74.9 Å². The van der Waals surface area contributed by atoms with Gasteiger partial charge in [0.2, 0.25) is 5.89 Å². The lowest BCUT2D eigenvalue weighted by atomic mass is 10.4. The van der Waals surface area contributed by atoms with Crippen molar-refractivity contribution < 1.29 is 8.83 Å². The Hall–Kier alpha value is -1.84. The smallest absolute Gasteiger partial charge is 0.218 e. The summed E-state index contributed by atoms with van der Waals surface area (Å²) in [6, 6.07) is 0. The second-order valence-corrected chi connectivity index (χ2v) is 2.40. The van der Waals surface area contributed by atoms with Gasteiger partial charge in [0.15, 0.2) is 5.89 Å². The van der Waals surface area contributed by atoms with E-state index >= 15 is 0 Å². The van der Waals surface area contributed by atoms with E-state index in [1.54, 1.807) is 24.7 Å². The molecule has 0 atom stereocenters. The van der Waals surface area contributed by atoms with Crippen LogP contribution in [0, 0.1) is 0 Å². The van der Waals surface area contributed by atoms with Crippen LogP contribution in [0.25, 0.3) is 6.08 Å². The largest absolute Gasteiger partial charge is 0.449 e. The topological polar surface area (TPSA) is 52.1 Å². The van der Waals surface area contributed by atoms with Gasteiger partial charge in [-0.05, 0) is 6.08 Å². The molecule has 0 spiro atoms. The minimum atomic E-state index is 0.589. The highest BCUT2D eigenvalue weighted by Crippen LogP contribution is 2.01. The maximum atomic E-state index is 5.04. The molecule has 2 aromatic rings. The van der Waals surface area contributed by atoms with Gasteiger partial charge in [-0.3, -0.25) is 0 Å². The molecule has 4 heteroatoms. The van der Waals surface area contributed by atoms with Gasteiger partial charge in [0.25, 0.3) is 0 Å². The third-order valence-electron chi connectivity index (χ3n) is 1.49. The molecule has 2 aromatic heterocycles. The van der Waals surface area contributed by atoms with Crippen LogP contribution in [0.2, 0.25) is 0 Å². The Morgan fingerprint density at radius 1 is 1.15 bits per heavy atom. The van der Waals surface area contributed by atoms with E-state index in [2.05, 4.69) is 9.97 Å². The van der Waals surface area contributed by atoms with E-state index < -0.39 is 0 Å². The van der Waals surface area contributed by atoms with Crippen molar-refractivity contribution in [1.29, 1.82) is 0 Å². The van der Waals surface area contributed by atoms with E-state index in [9.17, 15) is 0 Å². The SMILES string of the molecule is C(=Cc1ncco1)Cc1ncco1. The predicted octanol–water partition coefficient (Wildman–Crippen LogP) is 1.92. The highest BCUT2D eigenvalue weighted by atomic mass is 16.3. The van der Waals surface area contributed by atoms with Gasteiger partial charge in [0, 0.05) is 6.42 Å². The lowest BCUT2D eigenvalue weighted by Gasteiger charge is -1.84. The first-order chi connectivity index (χ1) is 6.45. The highest BCUT2D eigenvalue weighted by molar-refractivity contribution is 5.37. The summed E-state index contributed by atoms with van der Waals surface area (Å²) in [5, 5.41) is 0. The van der Waals surface area contributed by atoms with E-state index in [4.69, 9.17) is 8.83 Å². The van der Waals surface area contributed by atoms with Gasteiger partial charge in [0.05, 0.1) is 12.4 Å². The average molecular weight is 176 g/mol. The van der Waals surface area contributed by atoms with Gasteiger partial charge in [-0.15, -0.1) is 0 Å². The van der Waals surface area contributed by atoms with Crippen molar-refractivity contribution in [2.75, 3.05) is 0 Å². The van der Waals surface area contributed by atoms with Crippen molar-refractivity contribution in [1.82, 2.24) is 9.97 Å². The lowest BCUT2D eigenvalue weighted by Crippen LogP contribution is -1.78. The fourth-order valence-corrected chi connectivity index (χ4v) is 0.931. The van der Waals surface area contributed by atoms with Crippen LogP contribution in [0.4, 0.5) is 0 Å². The summed E-state index contributed by atoms with van der Waals surface area (Å²) in [5.41, 5.74) is 0. The maximum Gasteiger partial charge on any atom is 0.218 e. The minimum Gasteiger partial charge on any atom is -0.449 e. The molecule has 0 aliphatic rings. The normalized spacial score (nSPS) is 11.1. The van der Waals surface area contributed by atoms with Gasteiger partial charge in [-0.25, -0.2) is 9.97 Å². The van der Waals surface area contributed by atoms with Crippen LogP contribution >= 0.6 is 0 Å². The van der Waals surface area contributed by atoms with E-state index in [0.717, 1.165) is 0 Å². The first-order valence-electron chi connectivity index (χ1n) is 3.89. The molecule has 0 saturated heterocycles. The van der Waals surface area contributed by atoms with Crippen molar-refractivity contribution >= 4 is 6.08 Å². The Morgan fingerprint density at radius 3 is 2.69 bits per heavy atom. The molecular weight excluding hydrogens is 168 g/mol. The number of hydrogen-bond donors (Lipinski definition) is 0. The number of aromatic nitrogens is 2. The van der Waals surface area contributed by atoms with E-state index in [1.165, 1.54) is 6.26 Å². The molecule has 2 rings (SSSR count). The van der Waals surface area contributed by atoms with Gasteiger partial charge in [-0.2, -0.15) is 0 Å². The fraction of sp³-hybridized carbons (Fsp3) is 0.111. The molecular formula is C9H8N2O2. The maximum absolute atomic E-state index is 5.04. The molecule has 13 heavy (non-hydrogen) atoms. The minimum absolute atomic E-state index is 0.589. The van der Waals surface area contributed by atoms with E-state index in [1.807, 2.05) is 6.08 Å². The molecule has 0 radical (unpaired) electrons. The Balaban J connectivity index is 1.93. The van der Waals surface area contributed by atoms with Crippen molar-refractivity contribution in [2.24, 2.45) is 0 Å². The Kier molecular flexibility index (Phi) is 2.22.